The molecular weight excluding hydrogens is 647 g/mol. The molecule has 0 spiro atoms. The van der Waals surface area contributed by atoms with Crippen LogP contribution < -0.4 is 4.90 Å². The van der Waals surface area contributed by atoms with Crippen LogP contribution in [-0.2, 0) is 0 Å². The second-order valence-corrected chi connectivity index (χ2v) is 13.6. The van der Waals surface area contributed by atoms with Crippen molar-refractivity contribution in [2.24, 2.45) is 0 Å². The number of benzene rings is 9. The molecule has 0 fully saturated rings. The molecule has 0 aliphatic carbocycles. The third-order valence-electron chi connectivity index (χ3n) is 10.7. The summed E-state index contributed by atoms with van der Waals surface area (Å²) in [5, 5.41) is 9.07. The summed E-state index contributed by atoms with van der Waals surface area (Å²) >= 11 is 0. The monoisotopic (exact) mass is 677 g/mol. The van der Waals surface area contributed by atoms with Gasteiger partial charge >= 0.3 is 0 Å². The van der Waals surface area contributed by atoms with Gasteiger partial charge in [0.25, 0.3) is 0 Å². The fraction of sp³-hybridized carbons (Fsp3) is 0. The van der Waals surface area contributed by atoms with Crippen molar-refractivity contribution in [3.63, 3.8) is 0 Å². The van der Waals surface area contributed by atoms with Gasteiger partial charge < -0.3 is 13.7 Å². The smallest absolute Gasteiger partial charge is 0.145 e. The molecule has 3 heteroatoms. The fourth-order valence-electron chi connectivity index (χ4n) is 8.29. The van der Waals surface area contributed by atoms with Gasteiger partial charge in [-0.1, -0.05) is 146 Å². The normalized spacial score (nSPS) is 11.8. The van der Waals surface area contributed by atoms with Crippen LogP contribution in [0.3, 0.4) is 0 Å². The molecule has 0 aliphatic rings. The summed E-state index contributed by atoms with van der Waals surface area (Å²) in [7, 11) is 0. The Morgan fingerprint density at radius 3 is 1.38 bits per heavy atom. The van der Waals surface area contributed by atoms with E-state index in [1.807, 2.05) is 12.1 Å². The summed E-state index contributed by atoms with van der Waals surface area (Å²) in [6.45, 7) is 0. The van der Waals surface area contributed by atoms with E-state index in [0.717, 1.165) is 88.6 Å². The molecule has 11 rings (SSSR count). The summed E-state index contributed by atoms with van der Waals surface area (Å²) in [6, 6.07) is 66.6. The number of fused-ring (bicyclic) bond motifs is 9. The Morgan fingerprint density at radius 1 is 0.302 bits per heavy atom. The van der Waals surface area contributed by atoms with Gasteiger partial charge in [-0.2, -0.15) is 0 Å². The Hall–Kier alpha value is -7.10. The van der Waals surface area contributed by atoms with Crippen molar-refractivity contribution in [2.75, 3.05) is 4.90 Å². The Bertz CT molecular complexity index is 3020. The highest BCUT2D eigenvalue weighted by molar-refractivity contribution is 6.23. The first-order valence-electron chi connectivity index (χ1n) is 18.0. The molecule has 0 unspecified atom stereocenters. The van der Waals surface area contributed by atoms with Crippen molar-refractivity contribution in [3.8, 4) is 22.3 Å². The Kier molecular flexibility index (Phi) is 6.55. The number of hydrogen-bond acceptors (Lipinski definition) is 3. The molecule has 2 aromatic heterocycles. The van der Waals surface area contributed by atoms with Gasteiger partial charge in [0.05, 0.1) is 27.8 Å². The molecule has 0 N–H and O–H groups in total. The van der Waals surface area contributed by atoms with Gasteiger partial charge in [0, 0.05) is 27.3 Å². The van der Waals surface area contributed by atoms with Crippen molar-refractivity contribution in [1.82, 2.24) is 0 Å². The minimum atomic E-state index is 0.856. The third-order valence-corrected chi connectivity index (χ3v) is 10.7. The molecule has 53 heavy (non-hydrogen) atoms. The lowest BCUT2D eigenvalue weighted by Crippen LogP contribution is -2.11. The molecule has 0 saturated heterocycles. The van der Waals surface area contributed by atoms with Crippen molar-refractivity contribution in [1.29, 1.82) is 0 Å². The van der Waals surface area contributed by atoms with Gasteiger partial charge in [0.1, 0.15) is 22.3 Å². The van der Waals surface area contributed by atoms with Crippen molar-refractivity contribution >= 4 is 82.5 Å². The van der Waals surface area contributed by atoms with E-state index < -0.39 is 0 Å². The van der Waals surface area contributed by atoms with Crippen molar-refractivity contribution < 1.29 is 8.83 Å². The van der Waals surface area contributed by atoms with E-state index >= 15 is 0 Å². The lowest BCUT2D eigenvalue weighted by Gasteiger charge is -2.29. The molecule has 0 bridgehead atoms. The van der Waals surface area contributed by atoms with Gasteiger partial charge in [0.2, 0.25) is 0 Å². The molecule has 2 heterocycles. The predicted molar refractivity (Wildman–Crippen MR) is 222 cm³/mol. The molecule has 248 valence electrons. The standard InChI is InChI=1S/C50H31NO2/c1-3-14-32(15-4-1)36-28-30-43(47-40-20-9-11-24-45(40)52-49(36)47)51(42-23-13-22-38-35-19-8-7-18-34(35)26-27-39(38)42)44-31-29-37(33-16-5-2-6-17-33)50-48(44)41-21-10-12-25-46(41)53-50/h1-31H. The van der Waals surface area contributed by atoms with E-state index in [0.29, 0.717) is 0 Å². The van der Waals surface area contributed by atoms with Crippen molar-refractivity contribution in [2.45, 2.75) is 0 Å². The summed E-state index contributed by atoms with van der Waals surface area (Å²) < 4.78 is 13.6. The zero-order valence-corrected chi connectivity index (χ0v) is 28.7. The molecule has 0 amide bonds. The number of anilines is 3. The maximum atomic E-state index is 6.82. The van der Waals surface area contributed by atoms with E-state index in [1.54, 1.807) is 0 Å². The third kappa shape index (κ3) is 4.54. The Morgan fingerprint density at radius 2 is 0.792 bits per heavy atom. The van der Waals surface area contributed by atoms with Crippen LogP contribution in [0.4, 0.5) is 17.1 Å². The van der Waals surface area contributed by atoms with E-state index in [-0.39, 0.29) is 0 Å². The Balaban J connectivity index is 1.31. The van der Waals surface area contributed by atoms with Crippen LogP contribution >= 0.6 is 0 Å². The van der Waals surface area contributed by atoms with Gasteiger partial charge in [-0.15, -0.1) is 0 Å². The van der Waals surface area contributed by atoms with Gasteiger partial charge in [-0.3, -0.25) is 0 Å². The SMILES string of the molecule is c1ccc(-c2ccc(N(c3cccc4c3ccc3ccccc34)c3ccc(-c4ccccc4)c4oc5ccccc5c34)c3c2oc2ccccc23)cc1. The lowest BCUT2D eigenvalue weighted by molar-refractivity contribution is 0.670. The molecule has 0 aliphatic heterocycles. The zero-order chi connectivity index (χ0) is 34.9. The van der Waals surface area contributed by atoms with Gasteiger partial charge in [0.15, 0.2) is 0 Å². The van der Waals surface area contributed by atoms with Crippen molar-refractivity contribution in [3.05, 3.63) is 188 Å². The van der Waals surface area contributed by atoms with E-state index in [1.165, 1.54) is 16.2 Å². The first kappa shape index (κ1) is 29.6. The fourth-order valence-corrected chi connectivity index (χ4v) is 8.29. The number of rotatable bonds is 5. The minimum Gasteiger partial charge on any atom is -0.455 e. The maximum absolute atomic E-state index is 6.82. The highest BCUT2D eigenvalue weighted by atomic mass is 16.3. The first-order chi connectivity index (χ1) is 26.3. The first-order valence-corrected chi connectivity index (χ1v) is 18.0. The second kappa shape index (κ2) is 11.7. The second-order valence-electron chi connectivity index (χ2n) is 13.6. The predicted octanol–water partition coefficient (Wildman–Crippen LogP) is 14.6. The molecular formula is C50H31NO2. The average molecular weight is 678 g/mol. The number of hydrogen-bond donors (Lipinski definition) is 0. The van der Waals surface area contributed by atoms with E-state index in [2.05, 4.69) is 181 Å². The van der Waals surface area contributed by atoms with Crippen LogP contribution in [0, 0.1) is 0 Å². The van der Waals surface area contributed by atoms with Crippen LogP contribution in [0.2, 0.25) is 0 Å². The average Bonchev–Trinajstić information content (AvgIpc) is 3.82. The quantitative estimate of drug-likeness (QED) is 0.170. The Labute approximate surface area is 305 Å². The molecule has 0 atom stereocenters. The number of para-hydroxylation sites is 2. The summed E-state index contributed by atoms with van der Waals surface area (Å²) in [6.07, 6.45) is 0. The van der Waals surface area contributed by atoms with E-state index in [4.69, 9.17) is 8.83 Å². The highest BCUT2D eigenvalue weighted by Gasteiger charge is 2.27. The molecule has 0 saturated carbocycles. The molecule has 0 radical (unpaired) electrons. The lowest BCUT2D eigenvalue weighted by atomic mass is 9.96. The van der Waals surface area contributed by atoms with Crippen LogP contribution in [0.25, 0.3) is 87.7 Å². The van der Waals surface area contributed by atoms with Crippen LogP contribution in [-0.4, -0.2) is 0 Å². The highest BCUT2D eigenvalue weighted by Crippen LogP contribution is 2.51. The zero-order valence-electron chi connectivity index (χ0n) is 28.7. The van der Waals surface area contributed by atoms with Gasteiger partial charge in [-0.05, 0) is 69.8 Å². The molecule has 9 aromatic carbocycles. The summed E-state index contributed by atoms with van der Waals surface area (Å²) in [4.78, 5) is 2.44. The van der Waals surface area contributed by atoms with Crippen LogP contribution in [0.1, 0.15) is 0 Å². The largest absolute Gasteiger partial charge is 0.455 e. The number of furan rings is 2. The maximum Gasteiger partial charge on any atom is 0.145 e. The topological polar surface area (TPSA) is 29.5 Å². The van der Waals surface area contributed by atoms with Gasteiger partial charge in [-0.25, -0.2) is 0 Å². The molecule has 3 nitrogen and oxygen atoms in total. The molecule has 11 aromatic rings. The van der Waals surface area contributed by atoms with E-state index in [9.17, 15) is 0 Å². The number of nitrogens with zero attached hydrogens (tertiary/aromatic N) is 1. The summed E-state index contributed by atoms with van der Waals surface area (Å²) in [5.74, 6) is 0. The van der Waals surface area contributed by atoms with Crippen LogP contribution in [0.15, 0.2) is 197 Å². The summed E-state index contributed by atoms with van der Waals surface area (Å²) in [5.41, 5.74) is 10.9. The van der Waals surface area contributed by atoms with Crippen LogP contribution in [0.5, 0.6) is 0 Å². The minimum absolute atomic E-state index is 0.856.